The molecule has 35 heavy (non-hydrogen) atoms. The molecule has 3 aromatic rings. The second-order valence-corrected chi connectivity index (χ2v) is 10.3. The molecule has 1 atom stereocenters. The number of fused-ring (bicyclic) bond motifs is 1. The molecule has 1 unspecified atom stereocenters. The van der Waals surface area contributed by atoms with Gasteiger partial charge in [0.25, 0.3) is 11.5 Å². The lowest BCUT2D eigenvalue weighted by Gasteiger charge is -2.25. The first-order valence-corrected chi connectivity index (χ1v) is 13.2. The van der Waals surface area contributed by atoms with Gasteiger partial charge < -0.3 is 4.90 Å². The van der Waals surface area contributed by atoms with Crippen molar-refractivity contribution >= 4 is 51.7 Å². The molecule has 1 aliphatic heterocycles. The van der Waals surface area contributed by atoms with Crippen LogP contribution in [-0.2, 0) is 4.79 Å². The first kappa shape index (κ1) is 25.1. The Kier molecular flexibility index (Phi) is 7.72. The fourth-order valence-electron chi connectivity index (χ4n) is 4.36. The lowest BCUT2D eigenvalue weighted by Crippen LogP contribution is -2.32. The highest BCUT2D eigenvalue weighted by atomic mass is 32.2. The molecule has 0 bridgehead atoms. The van der Waals surface area contributed by atoms with Crippen LogP contribution in [0.3, 0.4) is 0 Å². The number of anilines is 1. The van der Waals surface area contributed by atoms with Crippen LogP contribution in [0.5, 0.6) is 0 Å². The van der Waals surface area contributed by atoms with Gasteiger partial charge in [-0.3, -0.25) is 18.9 Å². The van der Waals surface area contributed by atoms with E-state index >= 15 is 0 Å². The molecule has 0 N–H and O–H groups in total. The lowest BCUT2D eigenvalue weighted by atomic mass is 10.1. The van der Waals surface area contributed by atoms with E-state index in [2.05, 4.69) is 18.7 Å². The highest BCUT2D eigenvalue weighted by molar-refractivity contribution is 8.26. The maximum Gasteiger partial charge on any atom is 0.267 e. The molecule has 1 amide bonds. The van der Waals surface area contributed by atoms with E-state index in [1.54, 1.807) is 21.6 Å². The average molecular weight is 507 g/mol. The summed E-state index contributed by atoms with van der Waals surface area (Å²) in [5, 5.41) is 0. The molecule has 4 rings (SSSR count). The lowest BCUT2D eigenvalue weighted by molar-refractivity contribution is -0.123. The number of aryl methyl sites for hydroxylation is 1. The van der Waals surface area contributed by atoms with Gasteiger partial charge in [-0.15, -0.1) is 0 Å². The first-order chi connectivity index (χ1) is 16.9. The van der Waals surface area contributed by atoms with Gasteiger partial charge >= 0.3 is 0 Å². The number of thioether (sulfide) groups is 1. The van der Waals surface area contributed by atoms with Crippen LogP contribution >= 0.6 is 24.0 Å². The Bertz CT molecular complexity index is 1340. The van der Waals surface area contributed by atoms with E-state index in [1.807, 2.05) is 56.3 Å². The van der Waals surface area contributed by atoms with Crippen LogP contribution in [0.2, 0.25) is 0 Å². The van der Waals surface area contributed by atoms with Gasteiger partial charge in [0.2, 0.25) is 0 Å². The number of carbonyl (C=O) groups is 1. The van der Waals surface area contributed by atoms with Crippen molar-refractivity contribution in [3.63, 3.8) is 0 Å². The molecule has 8 heteroatoms. The minimum Gasteiger partial charge on any atom is -0.356 e. The van der Waals surface area contributed by atoms with E-state index < -0.39 is 0 Å². The van der Waals surface area contributed by atoms with Gasteiger partial charge in [-0.1, -0.05) is 74.2 Å². The van der Waals surface area contributed by atoms with Crippen molar-refractivity contribution in [1.29, 1.82) is 0 Å². The molecular weight excluding hydrogens is 476 g/mol. The number of nitrogens with zero attached hydrogens (tertiary/aromatic N) is 4. The van der Waals surface area contributed by atoms with E-state index in [0.29, 0.717) is 26.3 Å². The van der Waals surface area contributed by atoms with Gasteiger partial charge in [-0.2, -0.15) is 0 Å². The molecule has 6 nitrogen and oxygen atoms in total. The van der Waals surface area contributed by atoms with Crippen molar-refractivity contribution in [2.24, 2.45) is 0 Å². The van der Waals surface area contributed by atoms with Crippen molar-refractivity contribution in [3.8, 4) is 0 Å². The Labute approximate surface area is 215 Å². The van der Waals surface area contributed by atoms with Crippen LogP contribution in [0.4, 0.5) is 5.82 Å². The largest absolute Gasteiger partial charge is 0.356 e. The number of thiocarbonyl (C=S) groups is 1. The molecule has 0 radical (unpaired) electrons. The predicted molar refractivity (Wildman–Crippen MR) is 149 cm³/mol. The first-order valence-electron chi connectivity index (χ1n) is 12.0. The van der Waals surface area contributed by atoms with E-state index in [4.69, 9.17) is 17.2 Å². The van der Waals surface area contributed by atoms with Crippen LogP contribution in [-0.4, -0.2) is 37.6 Å². The van der Waals surface area contributed by atoms with Crippen molar-refractivity contribution in [1.82, 2.24) is 14.3 Å². The third-order valence-corrected chi connectivity index (χ3v) is 7.45. The summed E-state index contributed by atoms with van der Waals surface area (Å²) in [5.41, 5.74) is 2.79. The predicted octanol–water partition coefficient (Wildman–Crippen LogP) is 5.59. The van der Waals surface area contributed by atoms with Crippen molar-refractivity contribution in [2.75, 3.05) is 18.0 Å². The summed E-state index contributed by atoms with van der Waals surface area (Å²) in [6, 6.07) is 13.4. The summed E-state index contributed by atoms with van der Waals surface area (Å²) in [5.74, 6) is 0.433. The second-order valence-electron chi connectivity index (χ2n) is 8.66. The number of rotatable bonds is 8. The number of hydrogen-bond donors (Lipinski definition) is 0. The maximum absolute atomic E-state index is 13.7. The van der Waals surface area contributed by atoms with Gasteiger partial charge in [-0.05, 0) is 50.0 Å². The van der Waals surface area contributed by atoms with Gasteiger partial charge in [0.05, 0.1) is 16.5 Å². The zero-order valence-electron chi connectivity index (χ0n) is 20.5. The van der Waals surface area contributed by atoms with Crippen molar-refractivity contribution in [3.05, 3.63) is 80.6 Å². The number of pyridine rings is 1. The molecule has 0 aliphatic carbocycles. The molecule has 3 heterocycles. The van der Waals surface area contributed by atoms with Crippen molar-refractivity contribution in [2.45, 2.75) is 46.6 Å². The normalized spacial score (nSPS) is 15.9. The Morgan fingerprint density at radius 2 is 1.77 bits per heavy atom. The summed E-state index contributed by atoms with van der Waals surface area (Å²) >= 11 is 6.84. The number of carbonyl (C=O) groups excluding carboxylic acids is 1. The summed E-state index contributed by atoms with van der Waals surface area (Å²) < 4.78 is 2.05. The van der Waals surface area contributed by atoms with Gasteiger partial charge in [-0.25, -0.2) is 4.98 Å². The maximum atomic E-state index is 13.7. The summed E-state index contributed by atoms with van der Waals surface area (Å²) in [6.45, 7) is 9.68. The summed E-state index contributed by atoms with van der Waals surface area (Å²) in [6.07, 6.45) is 5.26. The standard InChI is InChI=1S/C27H30N4O2S2/c1-5-14-29(15-6-2)24-21(25(32)30-16-10-11-18(3)23(30)28-24)17-22-26(33)31(27(34)35-22)19(4)20-12-8-7-9-13-20/h7-13,16-17,19H,5-6,14-15H2,1-4H3/b22-17-. The molecule has 1 aromatic carbocycles. The van der Waals surface area contributed by atoms with E-state index in [0.717, 1.165) is 37.1 Å². The number of amides is 1. The fraction of sp³-hybridized carbons (Fsp3) is 0.333. The molecule has 0 spiro atoms. The smallest absolute Gasteiger partial charge is 0.267 e. The number of benzene rings is 1. The third-order valence-electron chi connectivity index (χ3n) is 6.12. The van der Waals surface area contributed by atoms with Gasteiger partial charge in [0.15, 0.2) is 0 Å². The Balaban J connectivity index is 1.84. The monoisotopic (exact) mass is 506 g/mol. The zero-order chi connectivity index (χ0) is 25.1. The second kappa shape index (κ2) is 10.7. The molecular formula is C27H30N4O2S2. The zero-order valence-corrected chi connectivity index (χ0v) is 22.2. The van der Waals surface area contributed by atoms with Crippen molar-refractivity contribution < 1.29 is 4.79 Å². The Hall–Kier alpha value is -2.97. The molecule has 1 fully saturated rings. The van der Waals surface area contributed by atoms with E-state index in [1.165, 1.54) is 11.8 Å². The minimum atomic E-state index is -0.204. The number of aromatic nitrogens is 2. The summed E-state index contributed by atoms with van der Waals surface area (Å²) in [7, 11) is 0. The molecule has 1 saturated heterocycles. The number of hydrogen-bond acceptors (Lipinski definition) is 6. The quantitative estimate of drug-likeness (QED) is 0.293. The Morgan fingerprint density at radius 1 is 1.09 bits per heavy atom. The van der Waals surface area contributed by atoms with E-state index in [-0.39, 0.29) is 17.5 Å². The summed E-state index contributed by atoms with van der Waals surface area (Å²) in [4.78, 5) is 36.4. The molecule has 1 aliphatic rings. The highest BCUT2D eigenvalue weighted by Gasteiger charge is 2.36. The molecule has 182 valence electrons. The van der Waals surface area contributed by atoms with E-state index in [9.17, 15) is 9.59 Å². The molecule has 2 aromatic heterocycles. The highest BCUT2D eigenvalue weighted by Crippen LogP contribution is 2.38. The van der Waals surface area contributed by atoms with Crippen LogP contribution in [0, 0.1) is 6.92 Å². The van der Waals surface area contributed by atoms with Crippen LogP contribution < -0.4 is 10.5 Å². The fourth-order valence-corrected chi connectivity index (χ4v) is 5.76. The third kappa shape index (κ3) is 4.90. The average Bonchev–Trinajstić information content (AvgIpc) is 3.13. The van der Waals surface area contributed by atoms with Crippen LogP contribution in [0.15, 0.2) is 58.4 Å². The van der Waals surface area contributed by atoms with Crippen LogP contribution in [0.25, 0.3) is 11.7 Å². The van der Waals surface area contributed by atoms with Gasteiger partial charge in [0, 0.05) is 19.3 Å². The molecule has 0 saturated carbocycles. The SMILES string of the molecule is CCCN(CCC)c1nc2c(C)cccn2c(=O)c1/C=C1\SC(=S)N(C(C)c2ccccc2)C1=O. The topological polar surface area (TPSA) is 57.9 Å². The van der Waals surface area contributed by atoms with Gasteiger partial charge in [0.1, 0.15) is 15.8 Å². The minimum absolute atomic E-state index is 0.187. The van der Waals surface area contributed by atoms with Crippen LogP contribution in [0.1, 0.15) is 56.3 Å². The Morgan fingerprint density at radius 3 is 2.43 bits per heavy atom.